The van der Waals surface area contributed by atoms with E-state index in [0.717, 1.165) is 25.7 Å². The largest absolute Gasteiger partial charge is 0.462 e. The molecule has 0 amide bonds. The number of unbranched alkanes of at least 4 members (excludes halogenated alkanes) is 2. The van der Waals surface area contributed by atoms with Crippen molar-refractivity contribution in [1.29, 1.82) is 0 Å². The van der Waals surface area contributed by atoms with Crippen molar-refractivity contribution in [2.24, 2.45) is 0 Å². The second-order valence-electron chi connectivity index (χ2n) is 3.50. The fourth-order valence-electron chi connectivity index (χ4n) is 1.02. The van der Waals surface area contributed by atoms with E-state index in [0.29, 0.717) is 18.8 Å². The van der Waals surface area contributed by atoms with Crippen molar-refractivity contribution in [3.63, 3.8) is 0 Å². The fourth-order valence-corrected chi connectivity index (χ4v) is 1.02. The van der Waals surface area contributed by atoms with Crippen LogP contribution >= 0.6 is 0 Å². The Morgan fingerprint density at radius 3 is 2.47 bits per heavy atom. The molecule has 15 heavy (non-hydrogen) atoms. The Kier molecular flexibility index (Phi) is 9.18. The van der Waals surface area contributed by atoms with Crippen LogP contribution in [-0.2, 0) is 14.3 Å². The molecule has 0 aliphatic heterocycles. The summed E-state index contributed by atoms with van der Waals surface area (Å²) in [5.74, 6) is -0.331. The van der Waals surface area contributed by atoms with Crippen LogP contribution in [0.2, 0.25) is 0 Å². The van der Waals surface area contributed by atoms with Gasteiger partial charge in [0, 0.05) is 6.61 Å². The van der Waals surface area contributed by atoms with Gasteiger partial charge < -0.3 is 9.47 Å². The normalized spacial score (nSPS) is 10.0. The Labute approximate surface area is 92.5 Å². The predicted octanol–water partition coefficient (Wildman–Crippen LogP) is 2.70. The third kappa shape index (κ3) is 8.18. The maximum absolute atomic E-state index is 11.3. The molecule has 0 N–H and O–H groups in total. The highest BCUT2D eigenvalue weighted by Gasteiger charge is 2.07. The van der Waals surface area contributed by atoms with Crippen molar-refractivity contribution < 1.29 is 14.3 Å². The predicted molar refractivity (Wildman–Crippen MR) is 60.7 cm³/mol. The van der Waals surface area contributed by atoms with Gasteiger partial charge in [-0.05, 0) is 12.8 Å². The van der Waals surface area contributed by atoms with Crippen LogP contribution in [0.15, 0.2) is 12.2 Å². The van der Waals surface area contributed by atoms with E-state index in [1.165, 1.54) is 0 Å². The van der Waals surface area contributed by atoms with Crippen LogP contribution in [0, 0.1) is 0 Å². The van der Waals surface area contributed by atoms with Crippen LogP contribution in [0.4, 0.5) is 0 Å². The molecule has 0 spiro atoms. The monoisotopic (exact) mass is 214 g/mol. The number of carbonyl (C=O) groups excluding carboxylic acids is 1. The van der Waals surface area contributed by atoms with Crippen LogP contribution in [0.5, 0.6) is 0 Å². The molecule has 0 unspecified atom stereocenters. The zero-order chi connectivity index (χ0) is 11.5. The molecule has 88 valence electrons. The molecule has 3 nitrogen and oxygen atoms in total. The third-order valence-electron chi connectivity index (χ3n) is 1.89. The Morgan fingerprint density at radius 2 is 1.87 bits per heavy atom. The van der Waals surface area contributed by atoms with Crippen molar-refractivity contribution in [2.45, 2.75) is 39.5 Å². The molecule has 0 bridgehead atoms. The van der Waals surface area contributed by atoms with Gasteiger partial charge in [-0.1, -0.05) is 33.3 Å². The van der Waals surface area contributed by atoms with Crippen molar-refractivity contribution >= 4 is 5.97 Å². The first kappa shape index (κ1) is 14.2. The highest BCUT2D eigenvalue weighted by molar-refractivity contribution is 5.87. The van der Waals surface area contributed by atoms with Crippen molar-refractivity contribution in [3.8, 4) is 0 Å². The maximum Gasteiger partial charge on any atom is 0.335 e. The van der Waals surface area contributed by atoms with Gasteiger partial charge >= 0.3 is 5.97 Å². The molecular weight excluding hydrogens is 192 g/mol. The first-order valence-electron chi connectivity index (χ1n) is 5.65. The highest BCUT2D eigenvalue weighted by Crippen LogP contribution is 2.00. The maximum atomic E-state index is 11.3. The van der Waals surface area contributed by atoms with Gasteiger partial charge in [0.15, 0.2) is 0 Å². The lowest BCUT2D eigenvalue weighted by Crippen LogP contribution is -2.12. The molecule has 0 aromatic heterocycles. The van der Waals surface area contributed by atoms with Gasteiger partial charge in [0.2, 0.25) is 0 Å². The number of ether oxygens (including phenoxy) is 2. The molecule has 0 radical (unpaired) electrons. The summed E-state index contributed by atoms with van der Waals surface area (Å²) in [6.45, 7) is 9.17. The van der Waals surface area contributed by atoms with E-state index in [9.17, 15) is 4.79 Å². The molecule has 0 rings (SSSR count). The first-order chi connectivity index (χ1) is 7.22. The molecule has 0 saturated heterocycles. The molecule has 0 heterocycles. The summed E-state index contributed by atoms with van der Waals surface area (Å²) < 4.78 is 10.2. The number of hydrogen-bond acceptors (Lipinski definition) is 3. The lowest BCUT2D eigenvalue weighted by Gasteiger charge is -2.07. The SMILES string of the molecule is C=C(COCCC)C(=O)OCCCCC. The van der Waals surface area contributed by atoms with Gasteiger partial charge in [0.05, 0.1) is 18.8 Å². The van der Waals surface area contributed by atoms with Gasteiger partial charge in [-0.2, -0.15) is 0 Å². The smallest absolute Gasteiger partial charge is 0.335 e. The summed E-state index contributed by atoms with van der Waals surface area (Å²) in [5.41, 5.74) is 0.403. The topological polar surface area (TPSA) is 35.5 Å². The minimum Gasteiger partial charge on any atom is -0.462 e. The average Bonchev–Trinajstić information content (AvgIpc) is 2.24. The zero-order valence-electron chi connectivity index (χ0n) is 9.88. The Hall–Kier alpha value is -0.830. The van der Waals surface area contributed by atoms with Crippen molar-refractivity contribution in [2.75, 3.05) is 19.8 Å². The Balaban J connectivity index is 3.47. The van der Waals surface area contributed by atoms with Crippen molar-refractivity contribution in [1.82, 2.24) is 0 Å². The molecular formula is C12H22O3. The van der Waals surface area contributed by atoms with Gasteiger partial charge in [0.25, 0.3) is 0 Å². The minimum atomic E-state index is -0.331. The summed E-state index contributed by atoms with van der Waals surface area (Å²) in [7, 11) is 0. The summed E-state index contributed by atoms with van der Waals surface area (Å²) >= 11 is 0. The summed E-state index contributed by atoms with van der Waals surface area (Å²) in [6, 6.07) is 0. The molecule has 0 aliphatic carbocycles. The summed E-state index contributed by atoms with van der Waals surface area (Å²) in [5, 5.41) is 0. The van der Waals surface area contributed by atoms with Gasteiger partial charge in [-0.15, -0.1) is 0 Å². The summed E-state index contributed by atoms with van der Waals surface area (Å²) in [4.78, 5) is 11.3. The van der Waals surface area contributed by atoms with Crippen molar-refractivity contribution in [3.05, 3.63) is 12.2 Å². The molecule has 0 aromatic carbocycles. The van der Waals surface area contributed by atoms with E-state index in [-0.39, 0.29) is 12.6 Å². The van der Waals surface area contributed by atoms with Gasteiger partial charge in [-0.25, -0.2) is 4.79 Å². The fraction of sp³-hybridized carbons (Fsp3) is 0.750. The van der Waals surface area contributed by atoms with Crippen LogP contribution in [-0.4, -0.2) is 25.8 Å². The van der Waals surface area contributed by atoms with E-state index >= 15 is 0 Å². The lowest BCUT2D eigenvalue weighted by molar-refractivity contribution is -0.139. The van der Waals surface area contributed by atoms with Crippen LogP contribution < -0.4 is 0 Å². The van der Waals surface area contributed by atoms with E-state index in [1.54, 1.807) is 0 Å². The third-order valence-corrected chi connectivity index (χ3v) is 1.89. The Bertz CT molecular complexity index is 187. The highest BCUT2D eigenvalue weighted by atomic mass is 16.5. The molecule has 0 aromatic rings. The minimum absolute atomic E-state index is 0.278. The molecule has 0 fully saturated rings. The molecule has 3 heteroatoms. The summed E-state index contributed by atoms with van der Waals surface area (Å²) in [6.07, 6.45) is 4.08. The van der Waals surface area contributed by atoms with Crippen LogP contribution in [0.25, 0.3) is 0 Å². The second-order valence-corrected chi connectivity index (χ2v) is 3.50. The van der Waals surface area contributed by atoms with Gasteiger partial charge in [0.1, 0.15) is 0 Å². The standard InChI is InChI=1S/C12H22O3/c1-4-6-7-9-15-12(13)11(3)10-14-8-5-2/h3-10H2,1-2H3. The van der Waals surface area contributed by atoms with E-state index in [2.05, 4.69) is 13.5 Å². The van der Waals surface area contributed by atoms with E-state index in [1.807, 2.05) is 6.92 Å². The zero-order valence-corrected chi connectivity index (χ0v) is 9.88. The lowest BCUT2D eigenvalue weighted by atomic mass is 10.3. The number of rotatable bonds is 9. The number of esters is 1. The Morgan fingerprint density at radius 1 is 1.13 bits per heavy atom. The molecule has 0 saturated carbocycles. The quantitative estimate of drug-likeness (QED) is 0.336. The first-order valence-corrected chi connectivity index (χ1v) is 5.65. The average molecular weight is 214 g/mol. The molecule has 0 aliphatic rings. The van der Waals surface area contributed by atoms with Crippen LogP contribution in [0.3, 0.4) is 0 Å². The molecule has 0 atom stereocenters. The number of hydrogen-bond donors (Lipinski definition) is 0. The number of carbonyl (C=O) groups is 1. The van der Waals surface area contributed by atoms with E-state index < -0.39 is 0 Å². The second kappa shape index (κ2) is 9.71. The van der Waals surface area contributed by atoms with E-state index in [4.69, 9.17) is 9.47 Å². The van der Waals surface area contributed by atoms with Gasteiger partial charge in [-0.3, -0.25) is 0 Å². The van der Waals surface area contributed by atoms with Crippen LogP contribution in [0.1, 0.15) is 39.5 Å².